The third kappa shape index (κ3) is 4.26. The molecule has 0 saturated carbocycles. The fraction of sp³-hybridized carbons (Fsp3) is 0.318. The van der Waals surface area contributed by atoms with Gasteiger partial charge in [-0.2, -0.15) is 0 Å². The largest absolute Gasteiger partial charge is 0.342 e. The first-order chi connectivity index (χ1) is 14.4. The van der Waals surface area contributed by atoms with Gasteiger partial charge in [0.15, 0.2) is 0 Å². The molecule has 0 radical (unpaired) electrons. The van der Waals surface area contributed by atoms with Crippen LogP contribution in [0.3, 0.4) is 0 Å². The van der Waals surface area contributed by atoms with E-state index in [-0.39, 0.29) is 23.9 Å². The van der Waals surface area contributed by atoms with Crippen LogP contribution in [0.1, 0.15) is 17.5 Å². The number of nitrogens with zero attached hydrogens (tertiary/aromatic N) is 1. The predicted molar refractivity (Wildman–Crippen MR) is 114 cm³/mol. The summed E-state index contributed by atoms with van der Waals surface area (Å²) in [6, 6.07) is 13.0. The smallest absolute Gasteiger partial charge is 0.319 e. The molecule has 0 spiro atoms. The molecule has 3 N–H and O–H groups in total. The number of benzene rings is 2. The zero-order valence-corrected chi connectivity index (χ0v) is 17.3. The molecule has 7 nitrogen and oxygen atoms in total. The Balaban J connectivity index is 1.38. The number of urea groups is 1. The highest BCUT2D eigenvalue weighted by Crippen LogP contribution is 2.25. The van der Waals surface area contributed by atoms with E-state index in [9.17, 15) is 14.4 Å². The summed E-state index contributed by atoms with van der Waals surface area (Å²) < 4.78 is 0. The van der Waals surface area contributed by atoms with Gasteiger partial charge in [0.25, 0.3) is 0 Å². The van der Waals surface area contributed by atoms with Crippen molar-refractivity contribution < 1.29 is 14.4 Å². The topological polar surface area (TPSA) is 90.5 Å². The van der Waals surface area contributed by atoms with Crippen molar-refractivity contribution in [3.8, 4) is 0 Å². The van der Waals surface area contributed by atoms with Crippen LogP contribution >= 0.6 is 11.6 Å². The lowest BCUT2D eigenvalue weighted by Gasteiger charge is -2.34. The van der Waals surface area contributed by atoms with Crippen LogP contribution in [-0.4, -0.2) is 47.4 Å². The Labute approximate surface area is 179 Å². The van der Waals surface area contributed by atoms with Crippen molar-refractivity contribution in [3.63, 3.8) is 0 Å². The first-order valence-electron chi connectivity index (χ1n) is 9.89. The molecule has 2 aromatic rings. The van der Waals surface area contributed by atoms with E-state index in [0.29, 0.717) is 30.1 Å². The van der Waals surface area contributed by atoms with E-state index in [2.05, 4.69) is 16.0 Å². The molecule has 2 aliphatic rings. The fourth-order valence-electron chi connectivity index (χ4n) is 4.02. The number of anilines is 1. The lowest BCUT2D eigenvalue weighted by atomic mass is 10.0. The number of halogens is 1. The number of hydrogen-bond acceptors (Lipinski definition) is 3. The second-order valence-corrected chi connectivity index (χ2v) is 8.18. The fourth-order valence-corrected chi connectivity index (χ4v) is 4.20. The molecular formula is C22H23ClN4O3. The normalized spacial score (nSPS) is 23.0. The van der Waals surface area contributed by atoms with Gasteiger partial charge in [0.05, 0.1) is 6.04 Å². The molecular weight excluding hydrogens is 404 g/mol. The van der Waals surface area contributed by atoms with Gasteiger partial charge in [0.1, 0.15) is 12.1 Å². The Morgan fingerprint density at radius 3 is 2.73 bits per heavy atom. The number of rotatable bonds is 4. The Morgan fingerprint density at radius 1 is 1.20 bits per heavy atom. The highest BCUT2D eigenvalue weighted by Gasteiger charge is 2.46. The van der Waals surface area contributed by atoms with Crippen LogP contribution in [-0.2, 0) is 16.0 Å². The summed E-state index contributed by atoms with van der Waals surface area (Å²) in [5.74, 6) is -0.287. The summed E-state index contributed by atoms with van der Waals surface area (Å²) in [5, 5.41) is 9.02. The number of aryl methyl sites for hydroxylation is 1. The molecule has 30 heavy (non-hydrogen) atoms. The molecule has 4 amide bonds. The summed E-state index contributed by atoms with van der Waals surface area (Å²) in [7, 11) is 0. The number of carbonyl (C=O) groups excluding carboxylic acids is 3. The van der Waals surface area contributed by atoms with Crippen LogP contribution in [0.25, 0.3) is 0 Å². The zero-order chi connectivity index (χ0) is 21.3. The van der Waals surface area contributed by atoms with Gasteiger partial charge in [-0.3, -0.25) is 9.59 Å². The zero-order valence-electron chi connectivity index (χ0n) is 16.5. The van der Waals surface area contributed by atoms with Gasteiger partial charge in [-0.15, -0.1) is 0 Å². The van der Waals surface area contributed by atoms with Gasteiger partial charge in [0, 0.05) is 23.7 Å². The van der Waals surface area contributed by atoms with Crippen LogP contribution in [0, 0.1) is 6.92 Å². The molecule has 0 bridgehead atoms. The van der Waals surface area contributed by atoms with Crippen molar-refractivity contribution in [2.45, 2.75) is 37.9 Å². The van der Waals surface area contributed by atoms with Gasteiger partial charge in [-0.05, 0) is 36.6 Å². The summed E-state index contributed by atoms with van der Waals surface area (Å²) in [6.07, 6.45) is 0.832. The van der Waals surface area contributed by atoms with Gasteiger partial charge in [-0.1, -0.05) is 48.0 Å². The number of fused-ring (bicyclic) bond motifs is 1. The summed E-state index contributed by atoms with van der Waals surface area (Å²) in [6.45, 7) is 2.18. The number of carbonyl (C=O) groups is 3. The van der Waals surface area contributed by atoms with E-state index in [1.807, 2.05) is 43.3 Å². The molecule has 2 heterocycles. The van der Waals surface area contributed by atoms with Crippen LogP contribution in [0.5, 0.6) is 0 Å². The molecule has 0 aliphatic carbocycles. The van der Waals surface area contributed by atoms with Crippen LogP contribution < -0.4 is 16.0 Å². The van der Waals surface area contributed by atoms with Crippen LogP contribution in [0.15, 0.2) is 48.5 Å². The average Bonchev–Trinajstić information content (AvgIpc) is 3.14. The van der Waals surface area contributed by atoms with E-state index in [0.717, 1.165) is 11.1 Å². The third-order valence-corrected chi connectivity index (χ3v) is 5.80. The van der Waals surface area contributed by atoms with Gasteiger partial charge >= 0.3 is 6.03 Å². The van der Waals surface area contributed by atoms with Gasteiger partial charge in [-0.25, -0.2) is 4.79 Å². The highest BCUT2D eigenvalue weighted by molar-refractivity contribution is 6.31. The lowest BCUT2D eigenvalue weighted by Crippen LogP contribution is -2.61. The number of piperazine rings is 1. The average molecular weight is 427 g/mol. The van der Waals surface area contributed by atoms with Crippen molar-refractivity contribution in [1.29, 1.82) is 0 Å². The molecule has 8 heteroatoms. The van der Waals surface area contributed by atoms with E-state index in [1.54, 1.807) is 17.0 Å². The van der Waals surface area contributed by atoms with Crippen molar-refractivity contribution >= 4 is 35.1 Å². The molecule has 2 fully saturated rings. The lowest BCUT2D eigenvalue weighted by molar-refractivity contribution is -0.147. The maximum atomic E-state index is 12.9. The molecule has 2 saturated heterocycles. The molecule has 156 valence electrons. The predicted octanol–water partition coefficient (Wildman–Crippen LogP) is 2.48. The second kappa shape index (κ2) is 8.36. The van der Waals surface area contributed by atoms with E-state index < -0.39 is 12.1 Å². The molecule has 2 aromatic carbocycles. The SMILES string of the molecule is Cc1ccc(Cl)cc1NC(=O)N[C@H]1C[C@H]2C(=O)N[C@H](Cc3ccccc3)C(=O)N2C1. The molecule has 0 aromatic heterocycles. The minimum absolute atomic E-state index is 0.112. The van der Waals surface area contributed by atoms with Gasteiger partial charge in [0.2, 0.25) is 11.8 Å². The molecule has 3 atom stereocenters. The Morgan fingerprint density at radius 2 is 1.97 bits per heavy atom. The van der Waals surface area contributed by atoms with E-state index in [1.165, 1.54) is 0 Å². The maximum absolute atomic E-state index is 12.9. The van der Waals surface area contributed by atoms with Crippen molar-refractivity contribution in [3.05, 3.63) is 64.7 Å². The Kier molecular flexibility index (Phi) is 5.63. The Bertz CT molecular complexity index is 982. The monoisotopic (exact) mass is 426 g/mol. The Hall–Kier alpha value is -3.06. The third-order valence-electron chi connectivity index (χ3n) is 5.57. The minimum atomic E-state index is -0.585. The van der Waals surface area contributed by atoms with E-state index in [4.69, 9.17) is 11.6 Å². The summed E-state index contributed by atoms with van der Waals surface area (Å²) in [4.78, 5) is 39.5. The van der Waals surface area contributed by atoms with Crippen molar-refractivity contribution in [2.75, 3.05) is 11.9 Å². The van der Waals surface area contributed by atoms with E-state index >= 15 is 0 Å². The number of amides is 4. The molecule has 2 aliphatic heterocycles. The molecule has 4 rings (SSSR count). The number of nitrogens with one attached hydrogen (secondary N) is 3. The van der Waals surface area contributed by atoms with Crippen LogP contribution in [0.2, 0.25) is 5.02 Å². The minimum Gasteiger partial charge on any atom is -0.342 e. The molecule has 0 unspecified atom stereocenters. The van der Waals surface area contributed by atoms with Crippen LogP contribution in [0.4, 0.5) is 10.5 Å². The van der Waals surface area contributed by atoms with Crippen molar-refractivity contribution in [1.82, 2.24) is 15.5 Å². The number of hydrogen-bond donors (Lipinski definition) is 3. The van der Waals surface area contributed by atoms with Gasteiger partial charge < -0.3 is 20.9 Å². The van der Waals surface area contributed by atoms with Crippen molar-refractivity contribution in [2.24, 2.45) is 0 Å². The highest BCUT2D eigenvalue weighted by atomic mass is 35.5. The maximum Gasteiger partial charge on any atom is 0.319 e. The first-order valence-corrected chi connectivity index (χ1v) is 10.3. The summed E-state index contributed by atoms with van der Waals surface area (Å²) in [5.41, 5.74) is 2.49. The standard InChI is InChI=1S/C22H23ClN4O3/c1-13-7-8-15(23)10-17(13)26-22(30)24-16-11-19-20(28)25-18(21(29)27(19)12-16)9-14-5-3-2-4-6-14/h2-8,10,16,18-19H,9,11-12H2,1H3,(H,25,28)(H2,24,26,30)/t16-,18+,19-/m0/s1. The summed E-state index contributed by atoms with van der Waals surface area (Å²) >= 11 is 6.00. The quantitative estimate of drug-likeness (QED) is 0.701. The second-order valence-electron chi connectivity index (χ2n) is 7.75. The first kappa shape index (κ1) is 20.2.